The predicted molar refractivity (Wildman–Crippen MR) is 65.8 cm³/mol. The monoisotopic (exact) mass is 204 g/mol. The van der Waals surface area contributed by atoms with Crippen molar-refractivity contribution in [3.05, 3.63) is 41.0 Å². The van der Waals surface area contributed by atoms with Gasteiger partial charge in [-0.2, -0.15) is 0 Å². The molecular weight excluding hydrogens is 184 g/mol. The van der Waals surface area contributed by atoms with Crippen molar-refractivity contribution >= 4 is 6.08 Å². The molecule has 0 spiro atoms. The molecule has 0 aliphatic rings. The molecule has 0 aromatic heterocycles. The van der Waals surface area contributed by atoms with E-state index < -0.39 is 0 Å². The van der Waals surface area contributed by atoms with Gasteiger partial charge in [0.25, 0.3) is 0 Å². The smallest absolute Gasteiger partial charge is 0.0645 e. The second-order valence-corrected chi connectivity index (χ2v) is 3.97. The molecule has 82 valence electrons. The first-order chi connectivity index (χ1) is 7.26. The Hall–Kier alpha value is -1.08. The van der Waals surface area contributed by atoms with Crippen LogP contribution in [0, 0.1) is 6.92 Å². The van der Waals surface area contributed by atoms with E-state index in [1.807, 2.05) is 0 Å². The van der Waals surface area contributed by atoms with Gasteiger partial charge in [0.1, 0.15) is 0 Å². The van der Waals surface area contributed by atoms with Crippen LogP contribution >= 0.6 is 0 Å². The number of unbranched alkanes of at least 4 members (excludes halogenated alkanes) is 1. The van der Waals surface area contributed by atoms with Crippen LogP contribution in [0.5, 0.6) is 0 Å². The molecule has 1 aromatic carbocycles. The van der Waals surface area contributed by atoms with Crippen LogP contribution in [0.4, 0.5) is 0 Å². The normalized spacial score (nSPS) is 11.8. The third-order valence-electron chi connectivity index (χ3n) is 2.50. The number of aliphatic hydroxyl groups is 1. The fourth-order valence-electron chi connectivity index (χ4n) is 1.50. The number of aryl methyl sites for hydroxylation is 1. The van der Waals surface area contributed by atoms with E-state index in [1.165, 1.54) is 17.5 Å². The van der Waals surface area contributed by atoms with E-state index in [9.17, 15) is 5.11 Å². The molecule has 0 radical (unpaired) electrons. The molecule has 1 aromatic rings. The van der Waals surface area contributed by atoms with Gasteiger partial charge in [0.05, 0.1) is 6.61 Å². The molecule has 0 heterocycles. The first-order valence-corrected chi connectivity index (χ1v) is 5.63. The van der Waals surface area contributed by atoms with Gasteiger partial charge in [-0.3, -0.25) is 0 Å². The Morgan fingerprint density at radius 3 is 2.47 bits per heavy atom. The molecule has 1 rings (SSSR count). The van der Waals surface area contributed by atoms with Gasteiger partial charge in [0.2, 0.25) is 0 Å². The number of aliphatic hydroxyl groups excluding tert-OH is 1. The van der Waals surface area contributed by atoms with Crippen molar-refractivity contribution in [1.82, 2.24) is 0 Å². The summed E-state index contributed by atoms with van der Waals surface area (Å²) in [5.74, 6) is 0. The summed E-state index contributed by atoms with van der Waals surface area (Å²) >= 11 is 0. The summed E-state index contributed by atoms with van der Waals surface area (Å²) in [4.78, 5) is 0. The van der Waals surface area contributed by atoms with Crippen LogP contribution in [-0.2, 0) is 0 Å². The maximum absolute atomic E-state index is 9.20. The Balaban J connectivity index is 2.69. The topological polar surface area (TPSA) is 20.2 Å². The maximum atomic E-state index is 9.20. The highest BCUT2D eigenvalue weighted by molar-refractivity contribution is 5.53. The Kier molecular flexibility index (Phi) is 5.13. The van der Waals surface area contributed by atoms with Crippen molar-refractivity contribution in [2.24, 2.45) is 0 Å². The molecule has 0 aliphatic heterocycles. The van der Waals surface area contributed by atoms with Crippen LogP contribution in [0.25, 0.3) is 6.08 Å². The third-order valence-corrected chi connectivity index (χ3v) is 2.50. The average Bonchev–Trinajstić information content (AvgIpc) is 2.27. The first-order valence-electron chi connectivity index (χ1n) is 5.63. The van der Waals surface area contributed by atoms with Crippen molar-refractivity contribution in [3.8, 4) is 0 Å². The van der Waals surface area contributed by atoms with Crippen molar-refractivity contribution in [2.75, 3.05) is 6.61 Å². The fourth-order valence-corrected chi connectivity index (χ4v) is 1.50. The highest BCUT2D eigenvalue weighted by atomic mass is 16.3. The van der Waals surface area contributed by atoms with Gasteiger partial charge in [-0.1, -0.05) is 49.2 Å². The van der Waals surface area contributed by atoms with Crippen molar-refractivity contribution in [1.29, 1.82) is 0 Å². The van der Waals surface area contributed by atoms with E-state index in [1.54, 1.807) is 0 Å². The predicted octanol–water partition coefficient (Wildman–Crippen LogP) is 3.56. The summed E-state index contributed by atoms with van der Waals surface area (Å²) in [5.41, 5.74) is 3.58. The second-order valence-electron chi connectivity index (χ2n) is 3.97. The second kappa shape index (κ2) is 6.41. The average molecular weight is 204 g/mol. The van der Waals surface area contributed by atoms with Gasteiger partial charge in [-0.25, -0.2) is 0 Å². The Morgan fingerprint density at radius 2 is 1.93 bits per heavy atom. The Morgan fingerprint density at radius 1 is 1.27 bits per heavy atom. The summed E-state index contributed by atoms with van der Waals surface area (Å²) in [6.07, 6.45) is 5.42. The number of rotatable bonds is 5. The van der Waals surface area contributed by atoms with Gasteiger partial charge in [0.15, 0.2) is 0 Å². The first kappa shape index (κ1) is 12.0. The summed E-state index contributed by atoms with van der Waals surface area (Å²) in [7, 11) is 0. The summed E-state index contributed by atoms with van der Waals surface area (Å²) in [5, 5.41) is 9.20. The highest BCUT2D eigenvalue weighted by Crippen LogP contribution is 2.13. The Labute approximate surface area is 92.5 Å². The molecule has 0 fully saturated rings. The van der Waals surface area contributed by atoms with Crippen LogP contribution < -0.4 is 0 Å². The molecule has 0 bridgehead atoms. The minimum absolute atomic E-state index is 0.174. The molecule has 0 saturated heterocycles. The zero-order chi connectivity index (χ0) is 11.1. The zero-order valence-corrected chi connectivity index (χ0v) is 9.66. The molecule has 0 atom stereocenters. The molecule has 15 heavy (non-hydrogen) atoms. The van der Waals surface area contributed by atoms with E-state index in [-0.39, 0.29) is 6.61 Å². The molecule has 0 aliphatic carbocycles. The molecule has 1 nitrogen and oxygen atoms in total. The van der Waals surface area contributed by atoms with Crippen LogP contribution in [0.3, 0.4) is 0 Å². The third kappa shape index (κ3) is 4.30. The lowest BCUT2D eigenvalue weighted by Crippen LogP contribution is -1.90. The molecule has 0 saturated carbocycles. The van der Waals surface area contributed by atoms with E-state index in [0.29, 0.717) is 0 Å². The van der Waals surface area contributed by atoms with Crippen LogP contribution in [0.2, 0.25) is 0 Å². The van der Waals surface area contributed by atoms with Crippen molar-refractivity contribution in [2.45, 2.75) is 33.1 Å². The van der Waals surface area contributed by atoms with E-state index in [4.69, 9.17) is 0 Å². The number of hydrogen-bond acceptors (Lipinski definition) is 1. The zero-order valence-electron chi connectivity index (χ0n) is 9.66. The van der Waals surface area contributed by atoms with Gasteiger partial charge in [-0.05, 0) is 30.9 Å². The van der Waals surface area contributed by atoms with Crippen LogP contribution in [-0.4, -0.2) is 11.7 Å². The molecule has 0 amide bonds. The standard InChI is InChI=1S/C14H20O/c1-3-4-5-14(11-15)10-13-8-6-12(2)7-9-13/h6-10,15H,3-5,11H2,1-2H3. The Bertz CT molecular complexity index is 309. The van der Waals surface area contributed by atoms with Crippen molar-refractivity contribution < 1.29 is 5.11 Å². The van der Waals surface area contributed by atoms with Crippen LogP contribution in [0.1, 0.15) is 37.3 Å². The van der Waals surface area contributed by atoms with E-state index in [2.05, 4.69) is 44.2 Å². The van der Waals surface area contributed by atoms with Crippen LogP contribution in [0.15, 0.2) is 29.8 Å². The maximum Gasteiger partial charge on any atom is 0.0645 e. The van der Waals surface area contributed by atoms with Gasteiger partial charge >= 0.3 is 0 Å². The largest absolute Gasteiger partial charge is 0.392 e. The lowest BCUT2D eigenvalue weighted by molar-refractivity contribution is 0.327. The van der Waals surface area contributed by atoms with Gasteiger partial charge < -0.3 is 5.11 Å². The summed E-state index contributed by atoms with van der Waals surface area (Å²) in [6, 6.07) is 8.38. The number of hydrogen-bond donors (Lipinski definition) is 1. The minimum Gasteiger partial charge on any atom is -0.392 e. The van der Waals surface area contributed by atoms with Gasteiger partial charge in [0, 0.05) is 0 Å². The molecular formula is C14H20O. The molecule has 0 unspecified atom stereocenters. The SMILES string of the molecule is CCCCC(=Cc1ccc(C)cc1)CO. The fraction of sp³-hybridized carbons (Fsp3) is 0.429. The molecule has 1 N–H and O–H groups in total. The van der Waals surface area contributed by atoms with Gasteiger partial charge in [-0.15, -0.1) is 0 Å². The summed E-state index contributed by atoms with van der Waals surface area (Å²) < 4.78 is 0. The lowest BCUT2D eigenvalue weighted by atomic mass is 10.1. The quantitative estimate of drug-likeness (QED) is 0.777. The number of benzene rings is 1. The summed E-state index contributed by atoms with van der Waals surface area (Å²) in [6.45, 7) is 4.42. The van der Waals surface area contributed by atoms with E-state index in [0.717, 1.165) is 18.4 Å². The minimum atomic E-state index is 0.174. The highest BCUT2D eigenvalue weighted by Gasteiger charge is 1.96. The lowest BCUT2D eigenvalue weighted by Gasteiger charge is -2.03. The molecule has 1 heteroatoms. The van der Waals surface area contributed by atoms with E-state index >= 15 is 0 Å². The van der Waals surface area contributed by atoms with Crippen molar-refractivity contribution in [3.63, 3.8) is 0 Å².